The number of hydroxylamine groups is 1. The number of nitrogens with one attached hydrogen (secondary N) is 2. The molecule has 0 fully saturated rings. The van der Waals surface area contributed by atoms with Gasteiger partial charge < -0.3 is 15.8 Å². The lowest BCUT2D eigenvalue weighted by Crippen LogP contribution is -2.56. The predicted octanol–water partition coefficient (Wildman–Crippen LogP) is 3.24. The first-order chi connectivity index (χ1) is 17.5. The van der Waals surface area contributed by atoms with E-state index in [1.165, 1.54) is 24.3 Å². The fourth-order valence-corrected chi connectivity index (χ4v) is 4.13. The van der Waals surface area contributed by atoms with Gasteiger partial charge in [0.05, 0.1) is 12.5 Å². The van der Waals surface area contributed by atoms with Crippen LogP contribution >= 0.6 is 0 Å². The Balaban J connectivity index is 1.96. The standard InChI is InChI=1S/C28H32FN3O5/c1-28(2,3)24(25(30)33)31-26(34)22(15-18-8-11-19-6-4-5-7-20(19)14-18)23(27(35)32-36)37-16-17-9-12-21(29)13-10-17/h4-14,22-24,36H,15-16H2,1-3H3,(H2,30,33)(H,31,34)(H,32,35)/t22-,23+,24-/m1/s1. The Bertz CT molecular complexity index is 1260. The van der Waals surface area contributed by atoms with Crippen LogP contribution in [0, 0.1) is 17.2 Å². The molecule has 0 saturated heterocycles. The van der Waals surface area contributed by atoms with Gasteiger partial charge in [0, 0.05) is 0 Å². The Labute approximate surface area is 215 Å². The highest BCUT2D eigenvalue weighted by Crippen LogP contribution is 2.24. The molecule has 3 aromatic rings. The number of hydrogen-bond acceptors (Lipinski definition) is 5. The van der Waals surface area contributed by atoms with E-state index in [9.17, 15) is 24.0 Å². The number of hydrogen-bond donors (Lipinski definition) is 4. The Morgan fingerprint density at radius 2 is 1.57 bits per heavy atom. The Morgan fingerprint density at radius 3 is 2.16 bits per heavy atom. The van der Waals surface area contributed by atoms with Gasteiger partial charge in [-0.2, -0.15) is 0 Å². The second-order valence-electron chi connectivity index (χ2n) is 10.0. The van der Waals surface area contributed by atoms with E-state index < -0.39 is 47.0 Å². The van der Waals surface area contributed by atoms with Crippen LogP contribution in [0.2, 0.25) is 0 Å². The van der Waals surface area contributed by atoms with E-state index in [1.54, 1.807) is 26.3 Å². The Kier molecular flexibility index (Phi) is 8.96. The zero-order valence-electron chi connectivity index (χ0n) is 21.0. The van der Waals surface area contributed by atoms with Crippen LogP contribution in [0.1, 0.15) is 31.9 Å². The monoisotopic (exact) mass is 509 g/mol. The van der Waals surface area contributed by atoms with Crippen LogP contribution < -0.4 is 16.5 Å². The number of carbonyl (C=O) groups is 3. The van der Waals surface area contributed by atoms with E-state index in [-0.39, 0.29) is 13.0 Å². The Morgan fingerprint density at radius 1 is 0.946 bits per heavy atom. The average molecular weight is 510 g/mol. The van der Waals surface area contributed by atoms with Gasteiger partial charge in [0.1, 0.15) is 11.9 Å². The maximum atomic E-state index is 13.6. The molecule has 0 aromatic heterocycles. The molecule has 0 radical (unpaired) electrons. The second kappa shape index (κ2) is 11.9. The molecule has 0 aliphatic carbocycles. The minimum Gasteiger partial charge on any atom is -0.368 e. The molecule has 0 unspecified atom stereocenters. The predicted molar refractivity (Wildman–Crippen MR) is 137 cm³/mol. The summed E-state index contributed by atoms with van der Waals surface area (Å²) < 4.78 is 19.1. The summed E-state index contributed by atoms with van der Waals surface area (Å²) in [6, 6.07) is 17.8. The third kappa shape index (κ3) is 7.34. The number of ether oxygens (including phenoxy) is 1. The minimum absolute atomic E-state index is 0.0633. The van der Waals surface area contributed by atoms with Crippen molar-refractivity contribution in [2.45, 2.75) is 45.9 Å². The molecule has 196 valence electrons. The number of benzene rings is 3. The summed E-state index contributed by atoms with van der Waals surface area (Å²) in [7, 11) is 0. The first-order valence-corrected chi connectivity index (χ1v) is 11.9. The quantitative estimate of drug-likeness (QED) is 0.246. The Hall–Kier alpha value is -3.82. The van der Waals surface area contributed by atoms with Gasteiger partial charge in [-0.15, -0.1) is 0 Å². The number of amides is 3. The molecule has 5 N–H and O–H groups in total. The fraction of sp³-hybridized carbons (Fsp3) is 0.321. The van der Waals surface area contributed by atoms with E-state index in [4.69, 9.17) is 10.5 Å². The van der Waals surface area contributed by atoms with Gasteiger partial charge in [-0.05, 0) is 45.9 Å². The van der Waals surface area contributed by atoms with Gasteiger partial charge in [-0.1, -0.05) is 75.4 Å². The van der Waals surface area contributed by atoms with E-state index in [1.807, 2.05) is 42.5 Å². The van der Waals surface area contributed by atoms with E-state index in [0.29, 0.717) is 5.56 Å². The number of halogens is 1. The highest BCUT2D eigenvalue weighted by Gasteiger charge is 2.39. The van der Waals surface area contributed by atoms with E-state index in [2.05, 4.69) is 5.32 Å². The van der Waals surface area contributed by atoms with Crippen molar-refractivity contribution in [2.75, 3.05) is 0 Å². The fourth-order valence-electron chi connectivity index (χ4n) is 4.13. The van der Waals surface area contributed by atoms with Gasteiger partial charge >= 0.3 is 0 Å². The normalized spacial score (nSPS) is 14.0. The smallest absolute Gasteiger partial charge is 0.273 e. The van der Waals surface area contributed by atoms with Crippen LogP contribution in [-0.2, 0) is 32.1 Å². The summed E-state index contributed by atoms with van der Waals surface area (Å²) in [4.78, 5) is 38.4. The van der Waals surface area contributed by atoms with Crippen molar-refractivity contribution in [3.63, 3.8) is 0 Å². The molecular weight excluding hydrogens is 477 g/mol. The van der Waals surface area contributed by atoms with Crippen molar-refractivity contribution in [3.05, 3.63) is 83.7 Å². The first-order valence-electron chi connectivity index (χ1n) is 11.9. The molecule has 0 aliphatic heterocycles. The number of rotatable bonds is 10. The van der Waals surface area contributed by atoms with Gasteiger partial charge in [-0.25, -0.2) is 9.87 Å². The highest BCUT2D eigenvalue weighted by atomic mass is 19.1. The molecule has 0 heterocycles. The summed E-state index contributed by atoms with van der Waals surface area (Å²) in [5.74, 6) is -3.87. The third-order valence-corrected chi connectivity index (χ3v) is 6.12. The molecule has 9 heteroatoms. The van der Waals surface area contributed by atoms with Crippen LogP contribution in [0.5, 0.6) is 0 Å². The number of primary amides is 1. The lowest BCUT2D eigenvalue weighted by atomic mass is 9.85. The summed E-state index contributed by atoms with van der Waals surface area (Å²) in [6.07, 6.45) is -1.37. The molecule has 37 heavy (non-hydrogen) atoms. The molecular formula is C28H32FN3O5. The van der Waals surface area contributed by atoms with Crippen molar-refractivity contribution in [2.24, 2.45) is 17.1 Å². The van der Waals surface area contributed by atoms with Crippen molar-refractivity contribution < 1.29 is 28.7 Å². The number of fused-ring (bicyclic) bond motifs is 1. The zero-order chi connectivity index (χ0) is 27.2. The second-order valence-corrected chi connectivity index (χ2v) is 10.0. The van der Waals surface area contributed by atoms with Gasteiger partial charge in [0.15, 0.2) is 6.10 Å². The minimum atomic E-state index is -1.44. The summed E-state index contributed by atoms with van der Waals surface area (Å²) in [5.41, 5.74) is 7.74. The highest BCUT2D eigenvalue weighted by molar-refractivity contribution is 5.92. The van der Waals surface area contributed by atoms with Crippen LogP contribution in [0.4, 0.5) is 4.39 Å². The van der Waals surface area contributed by atoms with Gasteiger partial charge in [0.2, 0.25) is 11.8 Å². The van der Waals surface area contributed by atoms with Crippen molar-refractivity contribution in [3.8, 4) is 0 Å². The average Bonchev–Trinajstić information content (AvgIpc) is 2.86. The lowest BCUT2D eigenvalue weighted by molar-refractivity contribution is -0.152. The van der Waals surface area contributed by atoms with Crippen LogP contribution in [0.25, 0.3) is 10.8 Å². The maximum Gasteiger partial charge on any atom is 0.273 e. The number of carbonyl (C=O) groups excluding carboxylic acids is 3. The van der Waals surface area contributed by atoms with Crippen LogP contribution in [0.15, 0.2) is 66.7 Å². The molecule has 0 aliphatic rings. The maximum absolute atomic E-state index is 13.6. The molecule has 3 aromatic carbocycles. The molecule has 0 bridgehead atoms. The number of nitrogens with two attached hydrogens (primary N) is 1. The zero-order valence-corrected chi connectivity index (χ0v) is 21.0. The first kappa shape index (κ1) is 27.8. The van der Waals surface area contributed by atoms with Crippen molar-refractivity contribution in [1.82, 2.24) is 10.8 Å². The van der Waals surface area contributed by atoms with Gasteiger partial charge in [0.25, 0.3) is 5.91 Å². The summed E-state index contributed by atoms with van der Waals surface area (Å²) in [5, 5.41) is 14.1. The van der Waals surface area contributed by atoms with Crippen molar-refractivity contribution >= 4 is 28.5 Å². The molecule has 3 rings (SSSR count). The SMILES string of the molecule is CC(C)(C)[C@H](NC(=O)[C@H](Cc1ccc2ccccc2c1)[C@H](OCc1ccc(F)cc1)C(=O)NO)C(N)=O. The lowest BCUT2D eigenvalue weighted by Gasteiger charge is -2.32. The third-order valence-electron chi connectivity index (χ3n) is 6.12. The van der Waals surface area contributed by atoms with Gasteiger partial charge in [-0.3, -0.25) is 19.6 Å². The summed E-state index contributed by atoms with van der Waals surface area (Å²) >= 11 is 0. The van der Waals surface area contributed by atoms with Crippen LogP contribution in [-0.4, -0.2) is 35.1 Å². The molecule has 3 amide bonds. The molecule has 3 atom stereocenters. The van der Waals surface area contributed by atoms with E-state index >= 15 is 0 Å². The molecule has 8 nitrogen and oxygen atoms in total. The van der Waals surface area contributed by atoms with Crippen molar-refractivity contribution in [1.29, 1.82) is 0 Å². The molecule has 0 spiro atoms. The summed E-state index contributed by atoms with van der Waals surface area (Å²) in [6.45, 7) is 5.14. The van der Waals surface area contributed by atoms with E-state index in [0.717, 1.165) is 16.3 Å². The largest absolute Gasteiger partial charge is 0.368 e. The topological polar surface area (TPSA) is 131 Å². The molecule has 0 saturated carbocycles. The van der Waals surface area contributed by atoms with Crippen LogP contribution in [0.3, 0.4) is 0 Å².